The topological polar surface area (TPSA) is 158 Å². The molecule has 3 aliphatic rings. The van der Waals surface area contributed by atoms with Gasteiger partial charge >= 0.3 is 0 Å². The highest BCUT2D eigenvalue weighted by Crippen LogP contribution is 2.31. The van der Waals surface area contributed by atoms with Crippen LogP contribution in [0.1, 0.15) is 63.2 Å². The van der Waals surface area contributed by atoms with Gasteiger partial charge in [-0.1, -0.05) is 38.8 Å². The van der Waals surface area contributed by atoms with Gasteiger partial charge in [0.15, 0.2) is 0 Å². The summed E-state index contributed by atoms with van der Waals surface area (Å²) in [7, 11) is 1.65. The molecular weight excluding hydrogens is 580 g/mol. The molecular formula is C32H48N6O7. The molecule has 4 N–H and O–H groups in total. The Balaban J connectivity index is 1.63. The third kappa shape index (κ3) is 8.72. The third-order valence-electron chi connectivity index (χ3n) is 8.80. The van der Waals surface area contributed by atoms with Gasteiger partial charge in [0, 0.05) is 39.8 Å². The number of carbonyl (C=O) groups is 5. The summed E-state index contributed by atoms with van der Waals surface area (Å²) < 4.78 is 11.1. The predicted octanol–water partition coefficient (Wildman–Crippen LogP) is 0.433. The Morgan fingerprint density at radius 1 is 1.02 bits per heavy atom. The molecule has 5 amide bonds. The first-order chi connectivity index (χ1) is 21.5. The number of ether oxygens (including phenoxy) is 2. The Morgan fingerprint density at radius 3 is 2.38 bits per heavy atom. The molecule has 4 rings (SSSR count). The van der Waals surface area contributed by atoms with Crippen LogP contribution >= 0.6 is 0 Å². The normalized spacial score (nSPS) is 25.4. The highest BCUT2D eigenvalue weighted by molar-refractivity contribution is 6.01. The molecule has 13 nitrogen and oxygen atoms in total. The van der Waals surface area contributed by atoms with Crippen LogP contribution in [-0.4, -0.2) is 116 Å². The minimum atomic E-state index is -1.22. The molecule has 0 aromatic heterocycles. The molecule has 45 heavy (non-hydrogen) atoms. The van der Waals surface area contributed by atoms with Gasteiger partial charge in [-0.15, -0.1) is 0 Å². The number of hydrogen-bond acceptors (Lipinski definition) is 8. The van der Waals surface area contributed by atoms with E-state index in [4.69, 9.17) is 9.47 Å². The maximum Gasteiger partial charge on any atom is 0.255 e. The largest absolute Gasteiger partial charge is 0.491 e. The monoisotopic (exact) mass is 628 g/mol. The van der Waals surface area contributed by atoms with E-state index < -0.39 is 41.4 Å². The van der Waals surface area contributed by atoms with Gasteiger partial charge in [-0.2, -0.15) is 0 Å². The van der Waals surface area contributed by atoms with E-state index in [1.807, 2.05) is 13.8 Å². The van der Waals surface area contributed by atoms with Gasteiger partial charge < -0.3 is 35.6 Å². The molecule has 0 radical (unpaired) electrons. The fraction of sp³-hybridized carbons (Fsp3) is 0.656. The summed E-state index contributed by atoms with van der Waals surface area (Å²) in [5, 5.41) is 11.5. The lowest BCUT2D eigenvalue weighted by molar-refractivity contribution is -0.139. The van der Waals surface area contributed by atoms with E-state index in [0.717, 1.165) is 19.4 Å². The SMILES string of the molecule is COCCN1CCN(C(=O)[C@@H]2CC(=O)NC3(CCCC3)C(=O)N[C@H](C(C)C)C(=O)N[C@@H](C)COc3ccccc3C(=O)N2)CC1. The number of rotatable bonds is 5. The lowest BCUT2D eigenvalue weighted by Crippen LogP contribution is -2.63. The van der Waals surface area contributed by atoms with Crippen LogP contribution in [0.25, 0.3) is 0 Å². The van der Waals surface area contributed by atoms with Crippen LogP contribution in [-0.2, 0) is 23.9 Å². The van der Waals surface area contributed by atoms with E-state index >= 15 is 0 Å². The second kappa shape index (κ2) is 15.5. The first kappa shape index (κ1) is 34.2. The number of nitrogens with one attached hydrogen (secondary N) is 4. The van der Waals surface area contributed by atoms with Crippen molar-refractivity contribution in [3.05, 3.63) is 29.8 Å². The van der Waals surface area contributed by atoms with Crippen molar-refractivity contribution < 1.29 is 33.4 Å². The molecule has 2 heterocycles. The van der Waals surface area contributed by atoms with Crippen LogP contribution in [0.5, 0.6) is 5.75 Å². The Hall–Kier alpha value is -3.71. The molecule has 0 unspecified atom stereocenters. The van der Waals surface area contributed by atoms with E-state index in [2.05, 4.69) is 26.2 Å². The van der Waals surface area contributed by atoms with Crippen molar-refractivity contribution in [3.63, 3.8) is 0 Å². The summed E-state index contributed by atoms with van der Waals surface area (Å²) in [4.78, 5) is 72.0. The fourth-order valence-electron chi connectivity index (χ4n) is 6.14. The average molecular weight is 629 g/mol. The number of benzene rings is 1. The molecule has 1 aliphatic carbocycles. The van der Waals surface area contributed by atoms with Crippen LogP contribution in [0.4, 0.5) is 0 Å². The van der Waals surface area contributed by atoms with Gasteiger partial charge in [-0.3, -0.25) is 28.9 Å². The van der Waals surface area contributed by atoms with Crippen molar-refractivity contribution in [1.29, 1.82) is 0 Å². The molecule has 248 valence electrons. The molecule has 3 atom stereocenters. The molecule has 2 aliphatic heterocycles. The van der Waals surface area contributed by atoms with Crippen molar-refractivity contribution in [2.45, 2.75) is 76.5 Å². The van der Waals surface area contributed by atoms with Gasteiger partial charge in [0.2, 0.25) is 23.6 Å². The molecule has 13 heteroatoms. The summed E-state index contributed by atoms with van der Waals surface area (Å²) >= 11 is 0. The highest BCUT2D eigenvalue weighted by atomic mass is 16.5. The number of amides is 5. The second-order valence-electron chi connectivity index (χ2n) is 12.6. The Morgan fingerprint density at radius 2 is 1.71 bits per heavy atom. The summed E-state index contributed by atoms with van der Waals surface area (Å²) in [6, 6.07) is 4.19. The average Bonchev–Trinajstić information content (AvgIpc) is 3.50. The van der Waals surface area contributed by atoms with Gasteiger partial charge in [0.05, 0.1) is 24.6 Å². The van der Waals surface area contributed by atoms with Gasteiger partial charge in [0.25, 0.3) is 5.91 Å². The van der Waals surface area contributed by atoms with Crippen molar-refractivity contribution in [1.82, 2.24) is 31.1 Å². The first-order valence-electron chi connectivity index (χ1n) is 16.0. The van der Waals surface area contributed by atoms with Crippen LogP contribution in [0, 0.1) is 5.92 Å². The predicted molar refractivity (Wildman–Crippen MR) is 166 cm³/mol. The lowest BCUT2D eigenvalue weighted by Gasteiger charge is -2.36. The number of carbonyl (C=O) groups excluding carboxylic acids is 5. The molecule has 1 saturated heterocycles. The molecule has 1 aromatic carbocycles. The Bertz CT molecular complexity index is 1230. The summed E-state index contributed by atoms with van der Waals surface area (Å²) in [5.74, 6) is -2.20. The minimum absolute atomic E-state index is 0.0640. The molecule has 0 bridgehead atoms. The maximum absolute atomic E-state index is 13.9. The van der Waals surface area contributed by atoms with Crippen LogP contribution in [0.2, 0.25) is 0 Å². The summed E-state index contributed by atoms with van der Waals surface area (Å²) in [5.41, 5.74) is -1.02. The van der Waals surface area contributed by atoms with Crippen molar-refractivity contribution >= 4 is 29.5 Å². The fourth-order valence-corrected chi connectivity index (χ4v) is 6.14. The van der Waals surface area contributed by atoms with E-state index in [0.29, 0.717) is 45.6 Å². The Labute approximate surface area is 265 Å². The van der Waals surface area contributed by atoms with Crippen LogP contribution in [0.15, 0.2) is 24.3 Å². The summed E-state index contributed by atoms with van der Waals surface area (Å²) in [6.45, 7) is 9.03. The summed E-state index contributed by atoms with van der Waals surface area (Å²) in [6.07, 6.45) is 1.91. The van der Waals surface area contributed by atoms with Crippen molar-refractivity contribution in [3.8, 4) is 5.75 Å². The zero-order valence-corrected chi connectivity index (χ0v) is 26.9. The molecule has 1 saturated carbocycles. The standard InChI is InChI=1S/C32H48N6O7/c1-21(2)27-29(41)33-22(3)20-45-25-10-6-5-9-23(25)28(40)34-24(30(42)38-15-13-37(14-16-38)17-18-44-4)19-26(39)36-32(31(43)35-27)11-7-8-12-32/h5-6,9-10,21-22,24,27H,7-8,11-20H2,1-4H3,(H,33,41)(H,34,40)(H,35,43)(H,36,39)/t22-,24-,27+/m0/s1. The third-order valence-corrected chi connectivity index (χ3v) is 8.80. The first-order valence-corrected chi connectivity index (χ1v) is 16.0. The molecule has 2 fully saturated rings. The molecule has 1 spiro atoms. The second-order valence-corrected chi connectivity index (χ2v) is 12.6. The smallest absolute Gasteiger partial charge is 0.255 e. The zero-order chi connectivity index (χ0) is 32.6. The number of piperazine rings is 1. The van der Waals surface area contributed by atoms with Crippen LogP contribution < -0.4 is 26.0 Å². The van der Waals surface area contributed by atoms with E-state index in [-0.39, 0.29) is 42.1 Å². The number of hydrogen-bond donors (Lipinski definition) is 4. The zero-order valence-electron chi connectivity index (χ0n) is 26.9. The van der Waals surface area contributed by atoms with Gasteiger partial charge in [-0.25, -0.2) is 0 Å². The number of nitrogens with zero attached hydrogens (tertiary/aromatic N) is 2. The molecule has 1 aromatic rings. The number of methoxy groups -OCH3 is 1. The number of para-hydroxylation sites is 1. The highest BCUT2D eigenvalue weighted by Gasteiger charge is 2.45. The van der Waals surface area contributed by atoms with E-state index in [1.165, 1.54) is 0 Å². The quantitative estimate of drug-likeness (QED) is 0.366. The van der Waals surface area contributed by atoms with Crippen LogP contribution in [0.3, 0.4) is 0 Å². The van der Waals surface area contributed by atoms with E-state index in [1.54, 1.807) is 43.2 Å². The minimum Gasteiger partial charge on any atom is -0.491 e. The maximum atomic E-state index is 13.9. The van der Waals surface area contributed by atoms with Crippen molar-refractivity contribution in [2.24, 2.45) is 5.92 Å². The van der Waals surface area contributed by atoms with E-state index in [9.17, 15) is 24.0 Å². The lowest BCUT2D eigenvalue weighted by atomic mass is 9.93. The van der Waals surface area contributed by atoms with Crippen molar-refractivity contribution in [2.75, 3.05) is 53.0 Å². The van der Waals surface area contributed by atoms with Gasteiger partial charge in [0.1, 0.15) is 30.0 Å². The Kier molecular flexibility index (Phi) is 11.8. The van der Waals surface area contributed by atoms with Gasteiger partial charge in [-0.05, 0) is 37.8 Å². The number of fused-ring (bicyclic) bond motifs is 1.